The fourth-order valence-corrected chi connectivity index (χ4v) is 1.68. The highest BCUT2D eigenvalue weighted by Crippen LogP contribution is 2.29. The number of methoxy groups -OCH3 is 1. The van der Waals surface area contributed by atoms with Gasteiger partial charge >= 0.3 is 0 Å². The molecule has 0 aliphatic heterocycles. The minimum atomic E-state index is 0.590. The van der Waals surface area contributed by atoms with Crippen LogP contribution >= 0.6 is 0 Å². The molecule has 0 unspecified atom stereocenters. The normalized spacial score (nSPS) is 10.4. The topological polar surface area (TPSA) is 66.0 Å². The third-order valence-electron chi connectivity index (χ3n) is 2.33. The predicted octanol–water partition coefficient (Wildman–Crippen LogP) is 1.47. The zero-order valence-corrected chi connectivity index (χ0v) is 9.56. The minimum absolute atomic E-state index is 0.590. The van der Waals surface area contributed by atoms with Crippen molar-refractivity contribution >= 4 is 5.69 Å². The molecule has 0 aliphatic rings. The van der Waals surface area contributed by atoms with Gasteiger partial charge in [-0.05, 0) is 26.0 Å². The van der Waals surface area contributed by atoms with Gasteiger partial charge in [-0.2, -0.15) is 5.10 Å². The van der Waals surface area contributed by atoms with Gasteiger partial charge in [0.05, 0.1) is 12.8 Å². The molecule has 0 aliphatic carbocycles. The van der Waals surface area contributed by atoms with Crippen molar-refractivity contribution in [2.45, 2.75) is 13.8 Å². The van der Waals surface area contributed by atoms with Gasteiger partial charge in [-0.3, -0.25) is 0 Å². The largest absolute Gasteiger partial charge is 0.492 e. The molecule has 0 bridgehead atoms. The summed E-state index contributed by atoms with van der Waals surface area (Å²) in [5.41, 5.74) is 7.24. The summed E-state index contributed by atoms with van der Waals surface area (Å²) in [6.45, 7) is 3.74. The van der Waals surface area contributed by atoms with Gasteiger partial charge in [-0.15, -0.1) is 0 Å². The van der Waals surface area contributed by atoms with E-state index in [4.69, 9.17) is 10.5 Å². The van der Waals surface area contributed by atoms with Crippen molar-refractivity contribution < 1.29 is 4.74 Å². The van der Waals surface area contributed by atoms with Crippen molar-refractivity contribution in [3.8, 4) is 11.4 Å². The Labute approximate surface area is 93.9 Å². The number of hydrogen-bond acceptors (Lipinski definition) is 4. The first-order valence-corrected chi connectivity index (χ1v) is 4.96. The van der Waals surface area contributed by atoms with Crippen molar-refractivity contribution in [2.75, 3.05) is 12.8 Å². The number of nitrogen functional groups attached to an aromatic ring is 1. The first-order valence-electron chi connectivity index (χ1n) is 4.96. The van der Waals surface area contributed by atoms with E-state index < -0.39 is 0 Å². The second-order valence-corrected chi connectivity index (χ2v) is 3.52. The first kappa shape index (κ1) is 10.5. The fourth-order valence-electron chi connectivity index (χ4n) is 1.68. The van der Waals surface area contributed by atoms with E-state index in [1.807, 2.05) is 26.0 Å². The van der Waals surface area contributed by atoms with Gasteiger partial charge in [-0.25, -0.2) is 9.67 Å². The predicted molar refractivity (Wildman–Crippen MR) is 61.8 cm³/mol. The molecular formula is C11H14N4O. The van der Waals surface area contributed by atoms with Crippen LogP contribution in [0.1, 0.15) is 11.6 Å². The number of nitrogens with zero attached hydrogens (tertiary/aromatic N) is 3. The SMILES string of the molecule is COc1c(N)cccc1-n1nc(C)nc1C. The molecule has 1 heterocycles. The van der Waals surface area contributed by atoms with Crippen molar-refractivity contribution in [1.82, 2.24) is 14.8 Å². The van der Waals surface area contributed by atoms with Gasteiger partial charge in [-0.1, -0.05) is 6.07 Å². The molecule has 1 aromatic heterocycles. The Morgan fingerprint density at radius 2 is 2.06 bits per heavy atom. The molecule has 0 amide bonds. The molecule has 84 valence electrons. The second kappa shape index (κ2) is 3.84. The van der Waals surface area contributed by atoms with E-state index >= 15 is 0 Å². The first-order chi connectivity index (χ1) is 7.63. The van der Waals surface area contributed by atoms with Gasteiger partial charge in [0.25, 0.3) is 0 Å². The van der Waals surface area contributed by atoms with Crippen LogP contribution in [0.15, 0.2) is 18.2 Å². The lowest BCUT2D eigenvalue weighted by Crippen LogP contribution is -2.04. The number of para-hydroxylation sites is 1. The summed E-state index contributed by atoms with van der Waals surface area (Å²) in [5, 5.41) is 4.30. The van der Waals surface area contributed by atoms with Gasteiger partial charge < -0.3 is 10.5 Å². The number of ether oxygens (including phenoxy) is 1. The van der Waals surface area contributed by atoms with Crippen molar-refractivity contribution in [1.29, 1.82) is 0 Å². The van der Waals surface area contributed by atoms with Crippen LogP contribution in [0.5, 0.6) is 5.75 Å². The molecule has 2 rings (SSSR count). The van der Waals surface area contributed by atoms with Crippen molar-refractivity contribution in [2.24, 2.45) is 0 Å². The number of rotatable bonds is 2. The van der Waals surface area contributed by atoms with Crippen LogP contribution in [0, 0.1) is 13.8 Å². The quantitative estimate of drug-likeness (QED) is 0.775. The van der Waals surface area contributed by atoms with E-state index in [1.54, 1.807) is 17.9 Å². The van der Waals surface area contributed by atoms with Gasteiger partial charge in [0.1, 0.15) is 17.3 Å². The molecule has 0 fully saturated rings. The molecule has 5 heteroatoms. The Balaban J connectivity index is 2.64. The van der Waals surface area contributed by atoms with E-state index in [1.165, 1.54) is 0 Å². The molecule has 2 aromatic rings. The average Bonchev–Trinajstić information content (AvgIpc) is 2.57. The van der Waals surface area contributed by atoms with Crippen LogP contribution in [-0.2, 0) is 0 Å². The van der Waals surface area contributed by atoms with Crippen molar-refractivity contribution in [3.05, 3.63) is 29.8 Å². The third-order valence-corrected chi connectivity index (χ3v) is 2.33. The lowest BCUT2D eigenvalue weighted by Gasteiger charge is -2.11. The average molecular weight is 218 g/mol. The third kappa shape index (κ3) is 1.60. The molecule has 0 radical (unpaired) electrons. The summed E-state index contributed by atoms with van der Waals surface area (Å²) in [7, 11) is 1.59. The van der Waals surface area contributed by atoms with Crippen LogP contribution in [0.2, 0.25) is 0 Å². The zero-order chi connectivity index (χ0) is 11.7. The molecule has 0 saturated carbocycles. The van der Waals surface area contributed by atoms with Crippen LogP contribution in [0.25, 0.3) is 5.69 Å². The zero-order valence-electron chi connectivity index (χ0n) is 9.56. The highest BCUT2D eigenvalue weighted by Gasteiger charge is 2.12. The Hall–Kier alpha value is -2.04. The van der Waals surface area contributed by atoms with Crippen LogP contribution in [0.3, 0.4) is 0 Å². The summed E-state index contributed by atoms with van der Waals surface area (Å²) in [6, 6.07) is 5.56. The number of anilines is 1. The summed E-state index contributed by atoms with van der Waals surface area (Å²) in [4.78, 5) is 4.25. The molecular weight excluding hydrogens is 204 g/mol. The minimum Gasteiger partial charge on any atom is -0.492 e. The van der Waals surface area contributed by atoms with E-state index in [-0.39, 0.29) is 0 Å². The van der Waals surface area contributed by atoms with Gasteiger partial charge in [0.15, 0.2) is 5.75 Å². The Morgan fingerprint density at radius 1 is 1.31 bits per heavy atom. The smallest absolute Gasteiger partial charge is 0.167 e. The molecule has 1 aromatic carbocycles. The maximum atomic E-state index is 5.84. The summed E-state index contributed by atoms with van der Waals surface area (Å²) in [5.74, 6) is 2.15. The highest BCUT2D eigenvalue weighted by atomic mass is 16.5. The maximum Gasteiger partial charge on any atom is 0.167 e. The lowest BCUT2D eigenvalue weighted by molar-refractivity contribution is 0.413. The summed E-state index contributed by atoms with van der Waals surface area (Å²) >= 11 is 0. The highest BCUT2D eigenvalue weighted by molar-refractivity contribution is 5.63. The second-order valence-electron chi connectivity index (χ2n) is 3.52. The maximum absolute atomic E-state index is 5.84. The molecule has 0 spiro atoms. The fraction of sp³-hybridized carbons (Fsp3) is 0.273. The molecule has 16 heavy (non-hydrogen) atoms. The van der Waals surface area contributed by atoms with Gasteiger partial charge in [0, 0.05) is 0 Å². The molecule has 0 atom stereocenters. The lowest BCUT2D eigenvalue weighted by atomic mass is 10.2. The summed E-state index contributed by atoms with van der Waals surface area (Å²) < 4.78 is 7.01. The monoisotopic (exact) mass is 218 g/mol. The Kier molecular flexibility index (Phi) is 2.52. The van der Waals surface area contributed by atoms with Crippen molar-refractivity contribution in [3.63, 3.8) is 0 Å². The number of aryl methyl sites for hydroxylation is 2. The van der Waals surface area contributed by atoms with Crippen LogP contribution in [0.4, 0.5) is 5.69 Å². The number of nitrogens with two attached hydrogens (primary N) is 1. The number of hydrogen-bond donors (Lipinski definition) is 1. The number of aromatic nitrogens is 3. The van der Waals surface area contributed by atoms with E-state index in [0.29, 0.717) is 11.4 Å². The van der Waals surface area contributed by atoms with Crippen LogP contribution < -0.4 is 10.5 Å². The summed E-state index contributed by atoms with van der Waals surface area (Å²) in [6.07, 6.45) is 0. The molecule has 5 nitrogen and oxygen atoms in total. The van der Waals surface area contributed by atoms with E-state index in [2.05, 4.69) is 10.1 Å². The Morgan fingerprint density at radius 3 is 2.62 bits per heavy atom. The van der Waals surface area contributed by atoms with E-state index in [9.17, 15) is 0 Å². The standard InChI is InChI=1S/C11H14N4O/c1-7-13-8(2)15(14-7)10-6-4-5-9(12)11(10)16-3/h4-6H,12H2,1-3H3. The molecule has 2 N–H and O–H groups in total. The number of benzene rings is 1. The molecule has 0 saturated heterocycles. The Bertz CT molecular complexity index is 519. The van der Waals surface area contributed by atoms with E-state index in [0.717, 1.165) is 17.3 Å². The van der Waals surface area contributed by atoms with Gasteiger partial charge in [0.2, 0.25) is 0 Å². The van der Waals surface area contributed by atoms with Crippen LogP contribution in [-0.4, -0.2) is 21.9 Å².